The predicted molar refractivity (Wildman–Crippen MR) is 71.7 cm³/mol. The Labute approximate surface area is 114 Å². The van der Waals surface area contributed by atoms with Crippen molar-refractivity contribution in [1.29, 1.82) is 0 Å². The lowest BCUT2D eigenvalue weighted by atomic mass is 9.83. The minimum Gasteiger partial charge on any atom is -0.480 e. The van der Waals surface area contributed by atoms with Crippen molar-refractivity contribution < 1.29 is 14.7 Å². The summed E-state index contributed by atoms with van der Waals surface area (Å²) in [5.74, 6) is -0.864. The van der Waals surface area contributed by atoms with Crippen LogP contribution in [0.15, 0.2) is 0 Å². The van der Waals surface area contributed by atoms with Crippen molar-refractivity contribution in [3.8, 4) is 0 Å². The van der Waals surface area contributed by atoms with Gasteiger partial charge in [0.05, 0.1) is 0 Å². The van der Waals surface area contributed by atoms with E-state index < -0.39 is 12.0 Å². The van der Waals surface area contributed by atoms with E-state index >= 15 is 0 Å². The number of piperidine rings is 1. The molecule has 0 aromatic carbocycles. The minimum atomic E-state index is -0.880. The standard InChI is InChI=1S/C14H24N2O3/c17-13(11-6-8-15-9-7-11)16-12(14(18)19)10-4-2-1-3-5-10/h10-12,15H,1-9H2,(H,16,17)(H,18,19). The van der Waals surface area contributed by atoms with Gasteiger partial charge in [0.25, 0.3) is 0 Å². The number of amides is 1. The van der Waals surface area contributed by atoms with E-state index in [2.05, 4.69) is 10.6 Å². The van der Waals surface area contributed by atoms with E-state index in [-0.39, 0.29) is 17.7 Å². The molecule has 0 radical (unpaired) electrons. The molecule has 2 fully saturated rings. The maximum Gasteiger partial charge on any atom is 0.326 e. The smallest absolute Gasteiger partial charge is 0.326 e. The Morgan fingerprint density at radius 3 is 2.26 bits per heavy atom. The van der Waals surface area contributed by atoms with Crippen LogP contribution in [0.25, 0.3) is 0 Å². The third kappa shape index (κ3) is 3.93. The van der Waals surface area contributed by atoms with Crippen LogP contribution < -0.4 is 10.6 Å². The molecule has 1 saturated carbocycles. The maximum atomic E-state index is 12.2. The van der Waals surface area contributed by atoms with Crippen molar-refractivity contribution in [2.75, 3.05) is 13.1 Å². The Kier molecular flexibility index (Phi) is 5.19. The molecular weight excluding hydrogens is 244 g/mol. The molecule has 1 aliphatic heterocycles. The van der Waals surface area contributed by atoms with Crippen LogP contribution in [0.5, 0.6) is 0 Å². The Hall–Kier alpha value is -1.10. The molecule has 1 aliphatic carbocycles. The van der Waals surface area contributed by atoms with Crippen LogP contribution in [0.3, 0.4) is 0 Å². The second-order valence-corrected chi connectivity index (χ2v) is 5.75. The van der Waals surface area contributed by atoms with Gasteiger partial charge in [0.15, 0.2) is 0 Å². The fourth-order valence-electron chi connectivity index (χ4n) is 3.20. The van der Waals surface area contributed by atoms with Crippen LogP contribution in [-0.2, 0) is 9.59 Å². The molecule has 5 nitrogen and oxygen atoms in total. The summed E-state index contributed by atoms with van der Waals surface area (Å²) < 4.78 is 0. The van der Waals surface area contributed by atoms with E-state index in [0.717, 1.165) is 51.6 Å². The second-order valence-electron chi connectivity index (χ2n) is 5.75. The highest BCUT2D eigenvalue weighted by Crippen LogP contribution is 2.27. The maximum absolute atomic E-state index is 12.2. The summed E-state index contributed by atoms with van der Waals surface area (Å²) in [6, 6.07) is -0.692. The summed E-state index contributed by atoms with van der Waals surface area (Å²) >= 11 is 0. The van der Waals surface area contributed by atoms with Crippen LogP contribution in [-0.4, -0.2) is 36.1 Å². The first-order valence-electron chi connectivity index (χ1n) is 7.42. The lowest BCUT2D eigenvalue weighted by Crippen LogP contribution is -2.49. The van der Waals surface area contributed by atoms with Gasteiger partial charge in [-0.2, -0.15) is 0 Å². The van der Waals surface area contributed by atoms with Gasteiger partial charge < -0.3 is 15.7 Å². The van der Waals surface area contributed by atoms with Gasteiger partial charge in [-0.3, -0.25) is 4.79 Å². The van der Waals surface area contributed by atoms with Crippen LogP contribution in [0.2, 0.25) is 0 Å². The van der Waals surface area contributed by atoms with E-state index in [1.54, 1.807) is 0 Å². The molecule has 1 unspecified atom stereocenters. The molecule has 1 heterocycles. The zero-order valence-corrected chi connectivity index (χ0v) is 11.4. The van der Waals surface area contributed by atoms with Crippen molar-refractivity contribution in [3.63, 3.8) is 0 Å². The van der Waals surface area contributed by atoms with Gasteiger partial charge in [-0.05, 0) is 44.7 Å². The van der Waals surface area contributed by atoms with Crippen LogP contribution >= 0.6 is 0 Å². The highest BCUT2D eigenvalue weighted by molar-refractivity contribution is 5.85. The summed E-state index contributed by atoms with van der Waals surface area (Å²) in [6.45, 7) is 1.69. The first-order valence-corrected chi connectivity index (χ1v) is 7.42. The van der Waals surface area contributed by atoms with E-state index in [1.807, 2.05) is 0 Å². The molecule has 1 saturated heterocycles. The summed E-state index contributed by atoms with van der Waals surface area (Å²) in [7, 11) is 0. The van der Waals surface area contributed by atoms with Crippen molar-refractivity contribution in [1.82, 2.24) is 10.6 Å². The molecule has 2 aliphatic rings. The predicted octanol–water partition coefficient (Wildman–Crippen LogP) is 1.14. The van der Waals surface area contributed by atoms with Gasteiger partial charge in [0.1, 0.15) is 6.04 Å². The van der Waals surface area contributed by atoms with E-state index in [1.165, 1.54) is 6.42 Å². The second kappa shape index (κ2) is 6.89. The fourth-order valence-corrected chi connectivity index (χ4v) is 3.20. The zero-order valence-electron chi connectivity index (χ0n) is 11.4. The first-order chi connectivity index (χ1) is 9.18. The Bertz CT molecular complexity index is 321. The number of carbonyl (C=O) groups is 2. The average molecular weight is 268 g/mol. The summed E-state index contributed by atoms with van der Waals surface area (Å²) in [5, 5.41) is 15.3. The number of hydrogen-bond donors (Lipinski definition) is 3. The molecule has 1 atom stereocenters. The third-order valence-electron chi connectivity index (χ3n) is 4.39. The first kappa shape index (κ1) is 14.3. The molecule has 5 heteroatoms. The number of rotatable bonds is 4. The van der Waals surface area contributed by atoms with E-state index in [9.17, 15) is 14.7 Å². The quantitative estimate of drug-likeness (QED) is 0.714. The molecule has 0 spiro atoms. The minimum absolute atomic E-state index is 0.0216. The Morgan fingerprint density at radius 2 is 1.68 bits per heavy atom. The summed E-state index contributed by atoms with van der Waals surface area (Å²) in [6.07, 6.45) is 6.80. The topological polar surface area (TPSA) is 78.4 Å². The van der Waals surface area contributed by atoms with Crippen LogP contribution in [0.1, 0.15) is 44.9 Å². The number of carbonyl (C=O) groups excluding carboxylic acids is 1. The number of aliphatic carboxylic acids is 1. The molecule has 3 N–H and O–H groups in total. The molecule has 2 rings (SSSR count). The van der Waals surface area contributed by atoms with E-state index in [4.69, 9.17) is 0 Å². The monoisotopic (exact) mass is 268 g/mol. The lowest BCUT2D eigenvalue weighted by Gasteiger charge is -2.30. The molecule has 19 heavy (non-hydrogen) atoms. The number of carboxylic acid groups (broad SMARTS) is 1. The highest BCUT2D eigenvalue weighted by Gasteiger charge is 2.32. The van der Waals surface area contributed by atoms with Gasteiger partial charge in [-0.1, -0.05) is 19.3 Å². The number of hydrogen-bond acceptors (Lipinski definition) is 3. The SMILES string of the molecule is O=C(NC(C(=O)O)C1CCCCC1)C1CCNCC1. The Morgan fingerprint density at radius 1 is 1.05 bits per heavy atom. The molecule has 0 bridgehead atoms. The van der Waals surface area contributed by atoms with E-state index in [0.29, 0.717) is 0 Å². The molecule has 0 aromatic heterocycles. The van der Waals surface area contributed by atoms with Gasteiger partial charge in [-0.15, -0.1) is 0 Å². The van der Waals surface area contributed by atoms with Crippen molar-refractivity contribution in [2.24, 2.45) is 11.8 Å². The van der Waals surface area contributed by atoms with Gasteiger partial charge in [0, 0.05) is 5.92 Å². The largest absolute Gasteiger partial charge is 0.480 e. The molecule has 0 aromatic rings. The van der Waals surface area contributed by atoms with Crippen molar-refractivity contribution in [3.05, 3.63) is 0 Å². The van der Waals surface area contributed by atoms with Crippen LogP contribution in [0, 0.1) is 11.8 Å². The molecule has 108 valence electrons. The number of nitrogens with one attached hydrogen (secondary N) is 2. The van der Waals surface area contributed by atoms with Crippen molar-refractivity contribution >= 4 is 11.9 Å². The van der Waals surface area contributed by atoms with Crippen LogP contribution in [0.4, 0.5) is 0 Å². The Balaban J connectivity index is 1.91. The van der Waals surface area contributed by atoms with Gasteiger partial charge >= 0.3 is 5.97 Å². The van der Waals surface area contributed by atoms with Gasteiger partial charge in [0.2, 0.25) is 5.91 Å². The lowest BCUT2D eigenvalue weighted by molar-refractivity contribution is -0.144. The molecule has 1 amide bonds. The number of carboxylic acids is 1. The van der Waals surface area contributed by atoms with Gasteiger partial charge in [-0.25, -0.2) is 4.79 Å². The highest BCUT2D eigenvalue weighted by atomic mass is 16.4. The molecular formula is C14H24N2O3. The fraction of sp³-hybridized carbons (Fsp3) is 0.857. The normalized spacial score (nSPS) is 23.8. The summed E-state index contributed by atoms with van der Waals surface area (Å²) in [4.78, 5) is 23.5. The zero-order chi connectivity index (χ0) is 13.7. The summed E-state index contributed by atoms with van der Waals surface area (Å²) in [5.41, 5.74) is 0. The average Bonchev–Trinajstić information content (AvgIpc) is 2.46. The third-order valence-corrected chi connectivity index (χ3v) is 4.39. The van der Waals surface area contributed by atoms with Crippen molar-refractivity contribution in [2.45, 2.75) is 51.0 Å².